The molecule has 0 fully saturated rings. The van der Waals surface area contributed by atoms with E-state index in [4.69, 9.17) is 16.3 Å². The summed E-state index contributed by atoms with van der Waals surface area (Å²) in [6.07, 6.45) is 3.91. The van der Waals surface area contributed by atoms with Gasteiger partial charge < -0.3 is 4.74 Å². The lowest BCUT2D eigenvalue weighted by Crippen LogP contribution is -2.24. The largest absolute Gasteiger partial charge is 0.483 e. The van der Waals surface area contributed by atoms with Gasteiger partial charge in [-0.25, -0.2) is 4.21 Å². The highest BCUT2D eigenvalue weighted by Crippen LogP contribution is 2.20. The molecule has 0 saturated heterocycles. The van der Waals surface area contributed by atoms with Crippen molar-refractivity contribution in [2.75, 3.05) is 13.0 Å². The van der Waals surface area contributed by atoms with Gasteiger partial charge in [-0.05, 0) is 40.0 Å². The van der Waals surface area contributed by atoms with Gasteiger partial charge in [-0.1, -0.05) is 13.3 Å². The molecule has 0 radical (unpaired) electrons. The molecule has 0 saturated carbocycles. The van der Waals surface area contributed by atoms with Crippen LogP contribution in [0.2, 0.25) is 0 Å². The minimum Gasteiger partial charge on any atom is -0.483 e. The van der Waals surface area contributed by atoms with Crippen molar-refractivity contribution in [2.45, 2.75) is 58.1 Å². The predicted molar refractivity (Wildman–Crippen MR) is 80.7 cm³/mol. The molecule has 0 unspecified atom stereocenters. The normalized spacial score (nSPS) is 16.4. The van der Waals surface area contributed by atoms with E-state index in [0.29, 0.717) is 11.8 Å². The molecule has 0 aromatic rings. The second-order valence-corrected chi connectivity index (χ2v) is 7.60. The minimum atomic E-state index is -1.27. The van der Waals surface area contributed by atoms with Crippen molar-refractivity contribution in [3.8, 4) is 0 Å². The molecule has 0 aliphatic carbocycles. The van der Waals surface area contributed by atoms with E-state index >= 15 is 0 Å². The first-order valence-electron chi connectivity index (χ1n) is 6.47. The fraction of sp³-hybridized carbons (Fsp3) is 0.923. The first-order chi connectivity index (χ1) is 8.36. The van der Waals surface area contributed by atoms with Gasteiger partial charge in [0, 0.05) is 11.8 Å². The topological polar surface area (TPSA) is 38.7 Å². The highest BCUT2D eigenvalue weighted by Gasteiger charge is 2.23. The Morgan fingerprint density at radius 3 is 2.39 bits per heavy atom. The van der Waals surface area contributed by atoms with Crippen molar-refractivity contribution < 1.29 is 8.95 Å². The molecule has 0 amide bonds. The molecule has 0 aliphatic rings. The molecule has 5 heteroatoms. The van der Waals surface area contributed by atoms with Crippen LogP contribution >= 0.6 is 11.6 Å². The Bertz CT molecular complexity index is 287. The maximum atomic E-state index is 12.0. The molecule has 0 spiro atoms. The molecule has 0 aliphatic heterocycles. The van der Waals surface area contributed by atoms with Crippen molar-refractivity contribution in [3.05, 3.63) is 0 Å². The molecule has 2 atom stereocenters. The van der Waals surface area contributed by atoms with Crippen molar-refractivity contribution >= 4 is 28.5 Å². The minimum absolute atomic E-state index is 0.227. The maximum absolute atomic E-state index is 12.0. The van der Waals surface area contributed by atoms with Crippen LogP contribution in [-0.4, -0.2) is 27.8 Å². The van der Waals surface area contributed by atoms with Gasteiger partial charge >= 0.3 is 0 Å². The molecule has 0 aromatic carbocycles. The third-order valence-corrected chi connectivity index (χ3v) is 4.24. The number of methoxy groups -OCH3 is 1. The van der Waals surface area contributed by atoms with E-state index < -0.39 is 11.0 Å². The number of alkyl halides is 1. The Labute approximate surface area is 119 Å². The molecule has 0 aromatic heterocycles. The summed E-state index contributed by atoms with van der Waals surface area (Å²) in [6.45, 7) is 7.86. The van der Waals surface area contributed by atoms with Crippen LogP contribution < -0.4 is 0 Å². The summed E-state index contributed by atoms with van der Waals surface area (Å²) in [4.78, 5) is 0. The van der Waals surface area contributed by atoms with Crippen molar-refractivity contribution in [2.24, 2.45) is 10.3 Å². The number of halogens is 1. The van der Waals surface area contributed by atoms with Gasteiger partial charge in [0.15, 0.2) is 5.90 Å². The summed E-state index contributed by atoms with van der Waals surface area (Å²) in [7, 11) is 0.332. The maximum Gasteiger partial charge on any atom is 0.200 e. The molecule has 0 heterocycles. The van der Waals surface area contributed by atoms with Crippen LogP contribution in [0.15, 0.2) is 4.40 Å². The van der Waals surface area contributed by atoms with Crippen LogP contribution in [0.4, 0.5) is 0 Å². The van der Waals surface area contributed by atoms with Crippen LogP contribution in [0.5, 0.6) is 0 Å². The lowest BCUT2D eigenvalue weighted by Gasteiger charge is -2.19. The quantitative estimate of drug-likeness (QED) is 0.405. The molecular formula is C13H26ClNO2S. The molecule has 0 rings (SSSR count). The van der Waals surface area contributed by atoms with E-state index in [1.54, 1.807) is 7.11 Å². The smallest absolute Gasteiger partial charge is 0.200 e. The van der Waals surface area contributed by atoms with Gasteiger partial charge in [-0.3, -0.25) is 0 Å². The Morgan fingerprint density at radius 1 is 1.39 bits per heavy atom. The molecule has 0 bridgehead atoms. The van der Waals surface area contributed by atoms with E-state index in [2.05, 4.69) is 11.3 Å². The molecule has 18 heavy (non-hydrogen) atoms. The number of hydrogen-bond donors (Lipinski definition) is 0. The lowest BCUT2D eigenvalue weighted by molar-refractivity contribution is 0.351. The highest BCUT2D eigenvalue weighted by atomic mass is 35.5. The SMILES string of the molecule is CCC[C@H](CCCCl)/C(=N/[S@](=O)C(C)(C)C)OC. The highest BCUT2D eigenvalue weighted by molar-refractivity contribution is 7.85. The Balaban J connectivity index is 4.87. The zero-order chi connectivity index (χ0) is 14.2. The van der Waals surface area contributed by atoms with Gasteiger partial charge in [-0.2, -0.15) is 4.40 Å². The van der Waals surface area contributed by atoms with E-state index in [-0.39, 0.29) is 10.7 Å². The number of hydrogen-bond acceptors (Lipinski definition) is 2. The first kappa shape index (κ1) is 17.9. The van der Waals surface area contributed by atoms with Gasteiger partial charge in [0.05, 0.1) is 11.9 Å². The predicted octanol–water partition coefficient (Wildman–Crippen LogP) is 3.93. The van der Waals surface area contributed by atoms with E-state index in [9.17, 15) is 4.21 Å². The van der Waals surface area contributed by atoms with Crippen LogP contribution in [0.1, 0.15) is 53.4 Å². The summed E-state index contributed by atoms with van der Waals surface area (Å²) >= 11 is 5.73. The second kappa shape index (κ2) is 8.92. The standard InChI is InChI=1S/C13H26ClNO2S/c1-6-8-11(9-7-10-14)12(17-5)15-18(16)13(2,3)4/h11H,6-10H2,1-5H3/b15-12-/t11-,18-/m1/s1. The Kier molecular flexibility index (Phi) is 8.87. The van der Waals surface area contributed by atoms with Crippen molar-refractivity contribution in [3.63, 3.8) is 0 Å². The summed E-state index contributed by atoms with van der Waals surface area (Å²) < 4.78 is 21.3. The zero-order valence-electron chi connectivity index (χ0n) is 12.2. The van der Waals surface area contributed by atoms with Crippen LogP contribution in [0.25, 0.3) is 0 Å². The van der Waals surface area contributed by atoms with E-state index in [1.807, 2.05) is 20.8 Å². The first-order valence-corrected chi connectivity index (χ1v) is 8.11. The van der Waals surface area contributed by atoms with Crippen LogP contribution in [0, 0.1) is 5.92 Å². The zero-order valence-corrected chi connectivity index (χ0v) is 13.7. The van der Waals surface area contributed by atoms with E-state index in [1.165, 1.54) is 0 Å². The fourth-order valence-electron chi connectivity index (χ4n) is 1.56. The van der Waals surface area contributed by atoms with Gasteiger partial charge in [-0.15, -0.1) is 11.6 Å². The summed E-state index contributed by atoms with van der Waals surface area (Å²) in [5.41, 5.74) is 0. The molecule has 108 valence electrons. The average Bonchev–Trinajstić information content (AvgIpc) is 2.30. The Morgan fingerprint density at radius 2 is 2.00 bits per heavy atom. The van der Waals surface area contributed by atoms with Gasteiger partial charge in [0.1, 0.15) is 11.0 Å². The molecule has 0 N–H and O–H groups in total. The lowest BCUT2D eigenvalue weighted by atomic mass is 9.98. The number of rotatable bonds is 7. The van der Waals surface area contributed by atoms with Gasteiger partial charge in [0.25, 0.3) is 0 Å². The molecule has 3 nitrogen and oxygen atoms in total. The third kappa shape index (κ3) is 6.74. The Hall–Kier alpha value is -0.0900. The monoisotopic (exact) mass is 295 g/mol. The van der Waals surface area contributed by atoms with Crippen LogP contribution in [-0.2, 0) is 15.7 Å². The van der Waals surface area contributed by atoms with Crippen LogP contribution in [0.3, 0.4) is 0 Å². The summed E-state index contributed by atoms with van der Waals surface area (Å²) in [5, 5.41) is 0. The number of ether oxygens (including phenoxy) is 1. The third-order valence-electron chi connectivity index (χ3n) is 2.58. The summed E-state index contributed by atoms with van der Waals surface area (Å²) in [6, 6.07) is 0. The molecular weight excluding hydrogens is 270 g/mol. The second-order valence-electron chi connectivity index (χ2n) is 5.31. The van der Waals surface area contributed by atoms with E-state index in [0.717, 1.165) is 25.7 Å². The summed E-state index contributed by atoms with van der Waals surface area (Å²) in [5.74, 6) is 1.47. The van der Waals surface area contributed by atoms with Gasteiger partial charge in [0.2, 0.25) is 0 Å². The van der Waals surface area contributed by atoms with Crippen molar-refractivity contribution in [1.82, 2.24) is 0 Å². The van der Waals surface area contributed by atoms with Crippen molar-refractivity contribution in [1.29, 1.82) is 0 Å². The fourth-order valence-corrected chi connectivity index (χ4v) is 2.38. The number of nitrogens with zero attached hydrogens (tertiary/aromatic N) is 1. The average molecular weight is 296 g/mol.